The number of hydrogen-bond acceptors (Lipinski definition) is 5. The lowest BCUT2D eigenvalue weighted by Gasteiger charge is -2.08. The molecule has 0 radical (unpaired) electrons. The van der Waals surface area contributed by atoms with Crippen LogP contribution in [0.3, 0.4) is 0 Å². The number of hydrogen-bond donors (Lipinski definition) is 2. The third kappa shape index (κ3) is 4.95. The summed E-state index contributed by atoms with van der Waals surface area (Å²) in [4.78, 5) is 37.8. The second-order valence-electron chi connectivity index (χ2n) is 6.43. The fourth-order valence-corrected chi connectivity index (χ4v) is 3.57. The van der Waals surface area contributed by atoms with Crippen LogP contribution in [-0.4, -0.2) is 30.4 Å². The van der Waals surface area contributed by atoms with Gasteiger partial charge in [0.25, 0.3) is 11.8 Å². The highest BCUT2D eigenvalue weighted by molar-refractivity contribution is 7.18. The highest BCUT2D eigenvalue weighted by Crippen LogP contribution is 2.34. The second-order valence-corrected chi connectivity index (χ2v) is 7.45. The molecular formula is C20H24N2O4S. The minimum Gasteiger partial charge on any atom is -0.462 e. The molecule has 0 saturated heterocycles. The number of aryl methyl sites for hydroxylation is 1. The van der Waals surface area contributed by atoms with E-state index in [1.54, 1.807) is 26.0 Å². The van der Waals surface area contributed by atoms with Crippen molar-refractivity contribution in [2.24, 2.45) is 0 Å². The fraction of sp³-hybridized carbons (Fsp3) is 0.350. The molecule has 6 nitrogen and oxygen atoms in total. The van der Waals surface area contributed by atoms with E-state index < -0.39 is 5.97 Å². The van der Waals surface area contributed by atoms with Gasteiger partial charge in [-0.05, 0) is 52.3 Å². The molecule has 0 spiro atoms. The molecule has 27 heavy (non-hydrogen) atoms. The lowest BCUT2D eigenvalue weighted by atomic mass is 10.1. The van der Waals surface area contributed by atoms with Crippen LogP contribution in [0.2, 0.25) is 0 Å². The SMILES string of the molecule is CCOC(=O)c1c(NC(=O)c2ccc(C)cc2)sc(C(=O)NC(C)C)c1C. The van der Waals surface area contributed by atoms with Crippen molar-refractivity contribution in [2.45, 2.75) is 40.7 Å². The summed E-state index contributed by atoms with van der Waals surface area (Å²) in [5, 5.41) is 5.87. The molecule has 2 N–H and O–H groups in total. The maximum absolute atomic E-state index is 12.6. The molecule has 1 aromatic heterocycles. The number of thiophene rings is 1. The second kappa shape index (κ2) is 8.81. The van der Waals surface area contributed by atoms with E-state index in [0.29, 0.717) is 21.0 Å². The Balaban J connectivity index is 2.40. The lowest BCUT2D eigenvalue weighted by molar-refractivity contribution is 0.0527. The molecule has 0 fully saturated rings. The summed E-state index contributed by atoms with van der Waals surface area (Å²) in [7, 11) is 0. The summed E-state index contributed by atoms with van der Waals surface area (Å²) in [5.41, 5.74) is 2.22. The quantitative estimate of drug-likeness (QED) is 0.734. The van der Waals surface area contributed by atoms with Gasteiger partial charge in [-0.1, -0.05) is 17.7 Å². The van der Waals surface area contributed by atoms with Crippen LogP contribution in [-0.2, 0) is 4.74 Å². The van der Waals surface area contributed by atoms with Gasteiger partial charge in [0.05, 0.1) is 17.0 Å². The Hall–Kier alpha value is -2.67. The first-order valence-corrected chi connectivity index (χ1v) is 9.55. The van der Waals surface area contributed by atoms with Crippen molar-refractivity contribution in [1.29, 1.82) is 0 Å². The number of amides is 2. The van der Waals surface area contributed by atoms with E-state index in [-0.39, 0.29) is 30.0 Å². The van der Waals surface area contributed by atoms with Crippen LogP contribution in [0, 0.1) is 13.8 Å². The lowest BCUT2D eigenvalue weighted by Crippen LogP contribution is -2.29. The topological polar surface area (TPSA) is 84.5 Å². The van der Waals surface area contributed by atoms with Crippen molar-refractivity contribution in [3.63, 3.8) is 0 Å². The van der Waals surface area contributed by atoms with Crippen LogP contribution in [0.5, 0.6) is 0 Å². The molecule has 2 rings (SSSR count). The number of ether oxygens (including phenoxy) is 1. The standard InChI is InChI=1S/C20H24N2O4S/c1-6-26-20(25)15-13(5)16(18(24)21-11(2)3)27-19(15)22-17(23)14-9-7-12(4)8-10-14/h7-11H,6H2,1-5H3,(H,21,24)(H,22,23). The first-order chi connectivity index (χ1) is 12.7. The summed E-state index contributed by atoms with van der Waals surface area (Å²) in [6, 6.07) is 7.05. The Morgan fingerprint density at radius 3 is 2.26 bits per heavy atom. The molecule has 0 aliphatic rings. The van der Waals surface area contributed by atoms with E-state index >= 15 is 0 Å². The minimum absolute atomic E-state index is 0.0457. The van der Waals surface area contributed by atoms with Crippen LogP contribution in [0.25, 0.3) is 0 Å². The Kier molecular flexibility index (Phi) is 6.74. The normalized spacial score (nSPS) is 10.6. The third-order valence-corrected chi connectivity index (χ3v) is 5.00. The van der Waals surface area contributed by atoms with Crippen LogP contribution >= 0.6 is 11.3 Å². The van der Waals surface area contributed by atoms with Crippen molar-refractivity contribution in [3.8, 4) is 0 Å². The van der Waals surface area contributed by atoms with Crippen LogP contribution in [0.15, 0.2) is 24.3 Å². The van der Waals surface area contributed by atoms with Gasteiger partial charge in [-0.15, -0.1) is 11.3 Å². The molecule has 1 aromatic carbocycles. The summed E-state index contributed by atoms with van der Waals surface area (Å²) in [6.45, 7) is 9.23. The van der Waals surface area contributed by atoms with Crippen molar-refractivity contribution in [2.75, 3.05) is 11.9 Å². The summed E-state index contributed by atoms with van der Waals surface area (Å²) in [5.74, 6) is -1.19. The van der Waals surface area contributed by atoms with E-state index in [4.69, 9.17) is 4.74 Å². The van der Waals surface area contributed by atoms with Crippen molar-refractivity contribution >= 4 is 34.1 Å². The Morgan fingerprint density at radius 2 is 1.70 bits per heavy atom. The number of carbonyl (C=O) groups excluding carboxylic acids is 3. The summed E-state index contributed by atoms with van der Waals surface area (Å²) < 4.78 is 5.11. The molecule has 0 aliphatic heterocycles. The van der Waals surface area contributed by atoms with E-state index in [1.165, 1.54) is 0 Å². The predicted molar refractivity (Wildman–Crippen MR) is 107 cm³/mol. The highest BCUT2D eigenvalue weighted by Gasteiger charge is 2.27. The highest BCUT2D eigenvalue weighted by atomic mass is 32.1. The zero-order valence-electron chi connectivity index (χ0n) is 16.1. The Bertz CT molecular complexity index is 854. The summed E-state index contributed by atoms with van der Waals surface area (Å²) >= 11 is 1.07. The molecule has 2 amide bonds. The van der Waals surface area contributed by atoms with E-state index in [1.807, 2.05) is 32.9 Å². The molecular weight excluding hydrogens is 364 g/mol. The first kappa shape index (κ1) is 20.6. The molecule has 0 bridgehead atoms. The Morgan fingerprint density at radius 1 is 1.07 bits per heavy atom. The van der Waals surface area contributed by atoms with Gasteiger partial charge in [-0.25, -0.2) is 4.79 Å². The van der Waals surface area contributed by atoms with Gasteiger partial charge in [0.1, 0.15) is 5.00 Å². The fourth-order valence-electron chi connectivity index (χ4n) is 2.48. The monoisotopic (exact) mass is 388 g/mol. The molecule has 144 valence electrons. The Labute approximate surface area is 162 Å². The van der Waals surface area contributed by atoms with Gasteiger partial charge < -0.3 is 15.4 Å². The average Bonchev–Trinajstić information content (AvgIpc) is 2.91. The van der Waals surface area contributed by atoms with Crippen LogP contribution in [0.1, 0.15) is 62.3 Å². The minimum atomic E-state index is -0.561. The van der Waals surface area contributed by atoms with Crippen LogP contribution in [0.4, 0.5) is 5.00 Å². The van der Waals surface area contributed by atoms with Gasteiger partial charge in [0, 0.05) is 11.6 Å². The molecule has 1 heterocycles. The van der Waals surface area contributed by atoms with Crippen LogP contribution < -0.4 is 10.6 Å². The van der Waals surface area contributed by atoms with Gasteiger partial charge in [-0.2, -0.15) is 0 Å². The van der Waals surface area contributed by atoms with Crippen molar-refractivity contribution < 1.29 is 19.1 Å². The van der Waals surface area contributed by atoms with Crippen molar-refractivity contribution in [3.05, 3.63) is 51.4 Å². The molecule has 0 aliphatic carbocycles. The number of esters is 1. The van der Waals surface area contributed by atoms with Gasteiger partial charge in [0.15, 0.2) is 0 Å². The largest absolute Gasteiger partial charge is 0.462 e. The molecule has 7 heteroatoms. The van der Waals surface area contributed by atoms with E-state index in [0.717, 1.165) is 16.9 Å². The number of benzene rings is 1. The molecule has 0 unspecified atom stereocenters. The number of rotatable bonds is 6. The van der Waals surface area contributed by atoms with E-state index in [2.05, 4.69) is 10.6 Å². The first-order valence-electron chi connectivity index (χ1n) is 8.74. The number of nitrogens with one attached hydrogen (secondary N) is 2. The maximum atomic E-state index is 12.6. The zero-order valence-corrected chi connectivity index (χ0v) is 17.0. The van der Waals surface area contributed by atoms with Crippen molar-refractivity contribution in [1.82, 2.24) is 5.32 Å². The molecule has 0 saturated carbocycles. The van der Waals surface area contributed by atoms with Gasteiger partial charge >= 0.3 is 5.97 Å². The smallest absolute Gasteiger partial charge is 0.341 e. The molecule has 0 atom stereocenters. The predicted octanol–water partition coefficient (Wildman–Crippen LogP) is 3.93. The van der Waals surface area contributed by atoms with E-state index in [9.17, 15) is 14.4 Å². The number of anilines is 1. The van der Waals surface area contributed by atoms with Gasteiger partial charge in [-0.3, -0.25) is 9.59 Å². The number of carbonyl (C=O) groups is 3. The average molecular weight is 388 g/mol. The van der Waals surface area contributed by atoms with Gasteiger partial charge in [0.2, 0.25) is 0 Å². The molecule has 2 aromatic rings. The maximum Gasteiger partial charge on any atom is 0.341 e. The zero-order chi connectivity index (χ0) is 20.1. The third-order valence-electron chi connectivity index (χ3n) is 3.79. The summed E-state index contributed by atoms with van der Waals surface area (Å²) in [6.07, 6.45) is 0.